The molecule has 0 bridgehead atoms. The molecule has 0 saturated heterocycles. The number of para-hydroxylation sites is 1. The molecule has 1 heterocycles. The number of anilines is 2. The Labute approximate surface area is 155 Å². The van der Waals surface area contributed by atoms with E-state index in [-0.39, 0.29) is 0 Å². The Morgan fingerprint density at radius 1 is 1.15 bits per heavy atom. The van der Waals surface area contributed by atoms with Crippen molar-refractivity contribution in [3.63, 3.8) is 0 Å². The summed E-state index contributed by atoms with van der Waals surface area (Å²) in [5, 5.41) is 17.4. The van der Waals surface area contributed by atoms with Gasteiger partial charge in [-0.3, -0.25) is 0 Å². The highest BCUT2D eigenvalue weighted by atomic mass is 15.2. The minimum absolute atomic E-state index is 0.394. The smallest absolute Gasteiger partial charge is 0.225 e. The molecule has 0 amide bonds. The molecule has 1 aromatic heterocycles. The minimum atomic E-state index is 0.394. The molecule has 26 heavy (non-hydrogen) atoms. The van der Waals surface area contributed by atoms with Crippen LogP contribution in [0.5, 0.6) is 0 Å². The molecule has 0 aliphatic heterocycles. The zero-order valence-corrected chi connectivity index (χ0v) is 15.5. The van der Waals surface area contributed by atoms with E-state index in [2.05, 4.69) is 28.6 Å². The number of aromatic nitrogens is 2. The average molecular weight is 349 g/mol. The number of hydrogen-bond donors (Lipinski definition) is 2. The van der Waals surface area contributed by atoms with Crippen LogP contribution in [-0.2, 0) is 0 Å². The first kappa shape index (κ1) is 17.1. The van der Waals surface area contributed by atoms with Gasteiger partial charge in [-0.15, -0.1) is 0 Å². The van der Waals surface area contributed by atoms with Gasteiger partial charge < -0.3 is 10.6 Å². The van der Waals surface area contributed by atoms with E-state index in [4.69, 9.17) is 4.98 Å². The first-order valence-corrected chi connectivity index (χ1v) is 9.96. The molecule has 2 N–H and O–H groups in total. The van der Waals surface area contributed by atoms with Crippen LogP contribution in [0.3, 0.4) is 0 Å². The van der Waals surface area contributed by atoms with Crippen molar-refractivity contribution in [3.8, 4) is 6.07 Å². The molecule has 2 aliphatic carbocycles. The van der Waals surface area contributed by atoms with Crippen LogP contribution in [-0.4, -0.2) is 22.6 Å². The summed E-state index contributed by atoms with van der Waals surface area (Å²) < 4.78 is 0. The largest absolute Gasteiger partial charge is 0.367 e. The highest BCUT2D eigenvalue weighted by Gasteiger charge is 2.28. The van der Waals surface area contributed by atoms with Gasteiger partial charge in [-0.2, -0.15) is 10.2 Å². The van der Waals surface area contributed by atoms with E-state index in [0.717, 1.165) is 29.2 Å². The fourth-order valence-electron chi connectivity index (χ4n) is 3.99. The van der Waals surface area contributed by atoms with Crippen LogP contribution in [0.25, 0.3) is 10.9 Å². The van der Waals surface area contributed by atoms with Crippen molar-refractivity contribution in [1.82, 2.24) is 9.97 Å². The number of nitriles is 1. The van der Waals surface area contributed by atoms with Crippen LogP contribution >= 0.6 is 0 Å². The summed E-state index contributed by atoms with van der Waals surface area (Å²) in [6.45, 7) is 3.13. The number of benzene rings is 1. The van der Waals surface area contributed by atoms with Gasteiger partial charge in [-0.25, -0.2) is 4.98 Å². The molecule has 2 fully saturated rings. The van der Waals surface area contributed by atoms with E-state index in [1.807, 2.05) is 18.2 Å². The zero-order valence-electron chi connectivity index (χ0n) is 15.5. The van der Waals surface area contributed by atoms with Gasteiger partial charge in [0.15, 0.2) is 0 Å². The summed E-state index contributed by atoms with van der Waals surface area (Å²) in [5.41, 5.74) is 1.34. The van der Waals surface area contributed by atoms with E-state index >= 15 is 0 Å². The number of rotatable bonds is 6. The maximum atomic E-state index is 9.48. The number of fused-ring (bicyclic) bond motifs is 1. The summed E-state index contributed by atoms with van der Waals surface area (Å²) in [5.74, 6) is 2.92. The molecular weight excluding hydrogens is 322 g/mol. The molecule has 4 rings (SSSR count). The molecule has 0 unspecified atom stereocenters. The monoisotopic (exact) mass is 349 g/mol. The highest BCUT2D eigenvalue weighted by Crippen LogP contribution is 2.35. The Morgan fingerprint density at radius 3 is 2.69 bits per heavy atom. The number of hydrogen-bond acceptors (Lipinski definition) is 5. The van der Waals surface area contributed by atoms with Crippen molar-refractivity contribution >= 4 is 22.7 Å². The molecule has 5 nitrogen and oxygen atoms in total. The average Bonchev–Trinajstić information content (AvgIpc) is 3.52. The second kappa shape index (κ2) is 7.49. The molecule has 5 heteroatoms. The third-order valence-corrected chi connectivity index (χ3v) is 5.81. The molecule has 0 spiro atoms. The van der Waals surface area contributed by atoms with Gasteiger partial charge in [0.1, 0.15) is 11.9 Å². The van der Waals surface area contributed by atoms with E-state index in [0.29, 0.717) is 23.5 Å². The third kappa shape index (κ3) is 3.75. The quantitative estimate of drug-likeness (QED) is 0.790. The molecule has 1 aromatic carbocycles. The summed E-state index contributed by atoms with van der Waals surface area (Å²) in [6.07, 6.45) is 9.16. The van der Waals surface area contributed by atoms with Crippen molar-refractivity contribution < 1.29 is 0 Å². The second-order valence-corrected chi connectivity index (χ2v) is 7.86. The van der Waals surface area contributed by atoms with E-state index in [9.17, 15) is 5.26 Å². The second-order valence-electron chi connectivity index (χ2n) is 7.86. The predicted molar refractivity (Wildman–Crippen MR) is 105 cm³/mol. The Balaban J connectivity index is 1.62. The lowest BCUT2D eigenvalue weighted by molar-refractivity contribution is 0.373. The fourth-order valence-corrected chi connectivity index (χ4v) is 3.99. The topological polar surface area (TPSA) is 73.6 Å². The lowest BCUT2D eigenvalue weighted by Crippen LogP contribution is -2.21. The Morgan fingerprint density at radius 2 is 1.96 bits per heavy atom. The number of nitrogens with zero attached hydrogens (tertiary/aromatic N) is 3. The summed E-state index contributed by atoms with van der Waals surface area (Å²) in [6, 6.07) is 8.41. The van der Waals surface area contributed by atoms with E-state index in [1.54, 1.807) is 0 Å². The summed E-state index contributed by atoms with van der Waals surface area (Å²) >= 11 is 0. The van der Waals surface area contributed by atoms with Crippen molar-refractivity contribution in [3.05, 3.63) is 23.8 Å². The van der Waals surface area contributed by atoms with Crippen molar-refractivity contribution in [2.75, 3.05) is 17.2 Å². The van der Waals surface area contributed by atoms with Gasteiger partial charge in [-0.05, 0) is 56.6 Å². The molecule has 1 atom stereocenters. The molecule has 0 radical (unpaired) electrons. The van der Waals surface area contributed by atoms with Gasteiger partial charge in [0, 0.05) is 18.0 Å². The van der Waals surface area contributed by atoms with Gasteiger partial charge in [0.05, 0.1) is 11.1 Å². The molecule has 2 aliphatic rings. The number of nitrogens with one attached hydrogen (secondary N) is 2. The van der Waals surface area contributed by atoms with Gasteiger partial charge >= 0.3 is 0 Å². The summed E-state index contributed by atoms with van der Waals surface area (Å²) in [7, 11) is 0. The highest BCUT2D eigenvalue weighted by molar-refractivity contribution is 5.93. The van der Waals surface area contributed by atoms with Crippen molar-refractivity contribution in [2.45, 2.75) is 57.9 Å². The van der Waals surface area contributed by atoms with Crippen LogP contribution in [0.1, 0.15) is 57.4 Å². The van der Waals surface area contributed by atoms with Crippen LogP contribution < -0.4 is 10.6 Å². The fraction of sp³-hybridized carbons (Fsp3) is 0.571. The zero-order chi connectivity index (χ0) is 17.9. The Kier molecular flexibility index (Phi) is 4.92. The minimum Gasteiger partial charge on any atom is -0.367 e. The molecule has 136 valence electrons. The van der Waals surface area contributed by atoms with Crippen LogP contribution in [0.2, 0.25) is 0 Å². The Hall–Kier alpha value is -2.35. The molecule has 2 saturated carbocycles. The maximum Gasteiger partial charge on any atom is 0.225 e. The van der Waals surface area contributed by atoms with Crippen LogP contribution in [0, 0.1) is 23.2 Å². The maximum absolute atomic E-state index is 9.48. The predicted octanol–water partition coefficient (Wildman–Crippen LogP) is 4.70. The lowest BCUT2D eigenvalue weighted by Gasteiger charge is -2.22. The third-order valence-electron chi connectivity index (χ3n) is 5.81. The molecular formula is C21H27N5. The van der Waals surface area contributed by atoms with E-state index < -0.39 is 0 Å². The normalized spacial score (nSPS) is 19.1. The Bertz CT molecular complexity index is 815. The van der Waals surface area contributed by atoms with Crippen molar-refractivity contribution in [1.29, 1.82) is 5.26 Å². The lowest BCUT2D eigenvalue weighted by atomic mass is 9.89. The first-order valence-electron chi connectivity index (χ1n) is 9.96. The van der Waals surface area contributed by atoms with E-state index in [1.165, 1.54) is 44.9 Å². The van der Waals surface area contributed by atoms with Crippen LogP contribution in [0.15, 0.2) is 18.2 Å². The van der Waals surface area contributed by atoms with Gasteiger partial charge in [0.25, 0.3) is 0 Å². The standard InChI is InChI=1S/C21H27N5/c1-14(16-10-11-16)24-20-18-9-5-8-17(12-22)19(18)25-21(26-20)23-13-15-6-3-2-4-7-15/h5,8-9,14-16H,2-4,6-7,10-11,13H2,1H3,(H2,23,24,25,26)/t14-/m1/s1. The van der Waals surface area contributed by atoms with Crippen molar-refractivity contribution in [2.24, 2.45) is 11.8 Å². The molecule has 2 aromatic rings. The van der Waals surface area contributed by atoms with Crippen LogP contribution in [0.4, 0.5) is 11.8 Å². The first-order chi connectivity index (χ1) is 12.7. The SMILES string of the molecule is C[C@@H](Nc1nc(NCC2CCCCC2)nc2c(C#N)cccc12)C1CC1. The summed E-state index contributed by atoms with van der Waals surface area (Å²) in [4.78, 5) is 9.44. The van der Waals surface area contributed by atoms with Gasteiger partial charge in [0.2, 0.25) is 5.95 Å². The van der Waals surface area contributed by atoms with Gasteiger partial charge in [-0.1, -0.05) is 25.3 Å².